The lowest BCUT2D eigenvalue weighted by Crippen LogP contribution is -2.32. The van der Waals surface area contributed by atoms with Crippen LogP contribution in [0.4, 0.5) is 4.39 Å². The highest BCUT2D eigenvalue weighted by Crippen LogP contribution is 2.28. The van der Waals surface area contributed by atoms with Crippen molar-refractivity contribution in [2.24, 2.45) is 5.84 Å². The predicted molar refractivity (Wildman–Crippen MR) is 77.8 cm³/mol. The molecular weight excluding hydrogens is 279 g/mol. The molecule has 1 aromatic carbocycles. The molecule has 6 heteroatoms. The van der Waals surface area contributed by atoms with Crippen molar-refractivity contribution in [2.45, 2.75) is 32.4 Å². The van der Waals surface area contributed by atoms with Crippen LogP contribution in [0.3, 0.4) is 0 Å². The molecule has 4 nitrogen and oxygen atoms in total. The summed E-state index contributed by atoms with van der Waals surface area (Å²) >= 11 is 6.20. The van der Waals surface area contributed by atoms with Gasteiger partial charge in [-0.15, -0.1) is 0 Å². The second-order valence-corrected chi connectivity index (χ2v) is 5.34. The van der Waals surface area contributed by atoms with Crippen molar-refractivity contribution < 1.29 is 4.39 Å². The number of benzene rings is 1. The maximum absolute atomic E-state index is 13.8. The monoisotopic (exact) mass is 296 g/mol. The molecule has 108 valence electrons. The summed E-state index contributed by atoms with van der Waals surface area (Å²) in [6, 6.07) is 6.48. The standard InChI is InChI=1S/C14H18ClFN4/c1-9(2)20-14(11(15)8-18-20)13(19-17)7-10-5-3-4-6-12(10)16/h3-6,8-9,13,19H,7,17H2,1-2H3. The number of halogens is 2. The van der Waals surface area contributed by atoms with Gasteiger partial charge >= 0.3 is 0 Å². The fraction of sp³-hybridized carbons (Fsp3) is 0.357. The largest absolute Gasteiger partial charge is 0.271 e. The zero-order chi connectivity index (χ0) is 14.7. The number of hydrogen-bond donors (Lipinski definition) is 2. The molecule has 2 aromatic rings. The van der Waals surface area contributed by atoms with Crippen LogP contribution in [-0.4, -0.2) is 9.78 Å². The molecule has 0 bridgehead atoms. The van der Waals surface area contributed by atoms with Crippen LogP contribution in [0.5, 0.6) is 0 Å². The summed E-state index contributed by atoms with van der Waals surface area (Å²) in [5, 5.41) is 4.77. The molecule has 3 N–H and O–H groups in total. The van der Waals surface area contributed by atoms with E-state index in [0.29, 0.717) is 17.0 Å². The first-order chi connectivity index (χ1) is 9.54. The summed E-state index contributed by atoms with van der Waals surface area (Å²) in [5.41, 5.74) is 4.06. The van der Waals surface area contributed by atoms with E-state index in [1.807, 2.05) is 13.8 Å². The van der Waals surface area contributed by atoms with E-state index in [1.54, 1.807) is 29.1 Å². The molecule has 0 aliphatic rings. The molecule has 0 saturated carbocycles. The lowest BCUT2D eigenvalue weighted by Gasteiger charge is -2.20. The maximum Gasteiger partial charge on any atom is 0.126 e. The molecule has 0 fully saturated rings. The van der Waals surface area contributed by atoms with Crippen molar-refractivity contribution in [3.63, 3.8) is 0 Å². The molecule has 20 heavy (non-hydrogen) atoms. The quantitative estimate of drug-likeness (QED) is 0.659. The Kier molecular flexibility index (Phi) is 4.75. The Hall–Kier alpha value is -1.43. The molecule has 1 unspecified atom stereocenters. The second-order valence-electron chi connectivity index (χ2n) is 4.93. The van der Waals surface area contributed by atoms with Gasteiger partial charge in [-0.25, -0.2) is 4.39 Å². The van der Waals surface area contributed by atoms with Gasteiger partial charge in [0.1, 0.15) is 5.82 Å². The van der Waals surface area contributed by atoms with E-state index in [4.69, 9.17) is 17.4 Å². The van der Waals surface area contributed by atoms with Crippen LogP contribution in [-0.2, 0) is 6.42 Å². The molecule has 1 atom stereocenters. The third kappa shape index (κ3) is 3.00. The molecule has 0 radical (unpaired) electrons. The number of rotatable bonds is 5. The minimum Gasteiger partial charge on any atom is -0.271 e. The third-order valence-electron chi connectivity index (χ3n) is 3.19. The summed E-state index contributed by atoms with van der Waals surface area (Å²) in [5.74, 6) is 5.38. The molecule has 0 aliphatic carbocycles. The minimum absolute atomic E-state index is 0.147. The SMILES string of the molecule is CC(C)n1ncc(Cl)c1C(Cc1ccccc1F)NN. The Morgan fingerprint density at radius 3 is 2.70 bits per heavy atom. The Morgan fingerprint density at radius 1 is 1.40 bits per heavy atom. The summed E-state index contributed by atoms with van der Waals surface area (Å²) < 4.78 is 15.6. The van der Waals surface area contributed by atoms with Crippen LogP contribution in [0.15, 0.2) is 30.5 Å². The Labute approximate surface area is 122 Å². The van der Waals surface area contributed by atoms with E-state index >= 15 is 0 Å². The first-order valence-electron chi connectivity index (χ1n) is 6.47. The van der Waals surface area contributed by atoms with Gasteiger partial charge in [-0.3, -0.25) is 16.0 Å². The molecule has 0 aliphatic heterocycles. The predicted octanol–water partition coefficient (Wildman–Crippen LogP) is 3.00. The summed E-state index contributed by atoms with van der Waals surface area (Å²) in [4.78, 5) is 0. The minimum atomic E-state index is -0.302. The normalized spacial score (nSPS) is 12.9. The van der Waals surface area contributed by atoms with E-state index in [0.717, 1.165) is 5.69 Å². The highest BCUT2D eigenvalue weighted by atomic mass is 35.5. The van der Waals surface area contributed by atoms with Crippen molar-refractivity contribution >= 4 is 11.6 Å². The molecule has 0 saturated heterocycles. The highest BCUT2D eigenvalue weighted by molar-refractivity contribution is 6.31. The molecule has 1 heterocycles. The lowest BCUT2D eigenvalue weighted by atomic mass is 10.0. The summed E-state index contributed by atoms with van der Waals surface area (Å²) in [6.45, 7) is 4.01. The smallest absolute Gasteiger partial charge is 0.126 e. The average molecular weight is 297 g/mol. The van der Waals surface area contributed by atoms with Crippen LogP contribution < -0.4 is 11.3 Å². The Morgan fingerprint density at radius 2 is 2.10 bits per heavy atom. The maximum atomic E-state index is 13.8. The van der Waals surface area contributed by atoms with Crippen LogP contribution in [0.2, 0.25) is 5.02 Å². The van der Waals surface area contributed by atoms with Crippen molar-refractivity contribution in [3.8, 4) is 0 Å². The fourth-order valence-corrected chi connectivity index (χ4v) is 2.47. The average Bonchev–Trinajstić information content (AvgIpc) is 2.80. The molecular formula is C14H18ClFN4. The Bertz CT molecular complexity index is 582. The number of nitrogens with two attached hydrogens (primary N) is 1. The van der Waals surface area contributed by atoms with Crippen molar-refractivity contribution in [2.75, 3.05) is 0 Å². The Balaban J connectivity index is 2.34. The van der Waals surface area contributed by atoms with Crippen LogP contribution >= 0.6 is 11.6 Å². The second kappa shape index (κ2) is 6.35. The highest BCUT2D eigenvalue weighted by Gasteiger charge is 2.22. The van der Waals surface area contributed by atoms with Gasteiger partial charge in [0.15, 0.2) is 0 Å². The summed E-state index contributed by atoms with van der Waals surface area (Å²) in [7, 11) is 0. The van der Waals surface area contributed by atoms with Crippen molar-refractivity contribution in [1.82, 2.24) is 15.2 Å². The number of hydrazine groups is 1. The fourth-order valence-electron chi connectivity index (χ4n) is 2.21. The number of nitrogens with zero attached hydrogens (tertiary/aromatic N) is 2. The van der Waals surface area contributed by atoms with E-state index in [-0.39, 0.29) is 17.9 Å². The van der Waals surface area contributed by atoms with Gasteiger partial charge in [0, 0.05) is 6.04 Å². The van der Waals surface area contributed by atoms with Crippen molar-refractivity contribution in [3.05, 3.63) is 52.6 Å². The summed E-state index contributed by atoms with van der Waals surface area (Å²) in [6.07, 6.45) is 1.99. The van der Waals surface area contributed by atoms with Gasteiger partial charge < -0.3 is 0 Å². The zero-order valence-electron chi connectivity index (χ0n) is 11.5. The van der Waals surface area contributed by atoms with Gasteiger partial charge in [0.2, 0.25) is 0 Å². The number of nitrogens with one attached hydrogen (secondary N) is 1. The molecule has 0 spiro atoms. The third-order valence-corrected chi connectivity index (χ3v) is 3.48. The van der Waals surface area contributed by atoms with Crippen molar-refractivity contribution in [1.29, 1.82) is 0 Å². The van der Waals surface area contributed by atoms with E-state index in [9.17, 15) is 4.39 Å². The molecule has 0 amide bonds. The van der Waals surface area contributed by atoms with Gasteiger partial charge in [-0.1, -0.05) is 29.8 Å². The first kappa shape index (κ1) is 15.0. The van der Waals surface area contributed by atoms with Crippen LogP contribution in [0, 0.1) is 5.82 Å². The van der Waals surface area contributed by atoms with Gasteiger partial charge in [-0.2, -0.15) is 5.10 Å². The first-order valence-corrected chi connectivity index (χ1v) is 6.84. The van der Waals surface area contributed by atoms with E-state index < -0.39 is 0 Å². The van der Waals surface area contributed by atoms with Crippen LogP contribution in [0.1, 0.15) is 37.2 Å². The van der Waals surface area contributed by atoms with E-state index in [2.05, 4.69) is 10.5 Å². The molecule has 1 aromatic heterocycles. The zero-order valence-corrected chi connectivity index (χ0v) is 12.2. The lowest BCUT2D eigenvalue weighted by molar-refractivity contribution is 0.443. The van der Waals surface area contributed by atoms with Gasteiger partial charge in [0.25, 0.3) is 0 Å². The topological polar surface area (TPSA) is 55.9 Å². The number of hydrogen-bond acceptors (Lipinski definition) is 3. The van der Waals surface area contributed by atoms with E-state index in [1.165, 1.54) is 6.07 Å². The number of aromatic nitrogens is 2. The molecule has 2 rings (SSSR count). The van der Waals surface area contributed by atoms with Crippen LogP contribution in [0.25, 0.3) is 0 Å². The van der Waals surface area contributed by atoms with Gasteiger partial charge in [-0.05, 0) is 31.9 Å². The van der Waals surface area contributed by atoms with Gasteiger partial charge in [0.05, 0.1) is 23.0 Å².